The van der Waals surface area contributed by atoms with Gasteiger partial charge in [0.15, 0.2) is 0 Å². The molecule has 0 saturated heterocycles. The van der Waals surface area contributed by atoms with Crippen molar-refractivity contribution in [3.63, 3.8) is 0 Å². The predicted molar refractivity (Wildman–Crippen MR) is 77.9 cm³/mol. The molecule has 0 saturated carbocycles. The Bertz CT molecular complexity index is 298. The summed E-state index contributed by atoms with van der Waals surface area (Å²) >= 11 is 0. The van der Waals surface area contributed by atoms with Gasteiger partial charge in [-0.25, -0.2) is 0 Å². The molecule has 92 valence electrons. The van der Waals surface area contributed by atoms with Gasteiger partial charge in [0.25, 0.3) is 0 Å². The summed E-state index contributed by atoms with van der Waals surface area (Å²) in [5, 5.41) is 2.79. The smallest absolute Gasteiger partial charge is 0.0227 e. The number of benzene rings is 1. The first-order chi connectivity index (χ1) is 7.97. The second-order valence-corrected chi connectivity index (χ2v) is 2.61. The van der Waals surface area contributed by atoms with Gasteiger partial charge in [0.05, 0.1) is 0 Å². The van der Waals surface area contributed by atoms with Crippen molar-refractivity contribution >= 4 is 12.2 Å². The molecule has 0 heteroatoms. The molecule has 1 aromatic carbocycles. The van der Waals surface area contributed by atoms with Crippen molar-refractivity contribution in [1.29, 1.82) is 0 Å². The Morgan fingerprint density at radius 3 is 1.25 bits per heavy atom. The first-order valence-corrected chi connectivity index (χ1v) is 6.72. The third-order valence-electron chi connectivity index (χ3n) is 1.89. The minimum Gasteiger partial charge on any atom is -0.0764 e. The van der Waals surface area contributed by atoms with Gasteiger partial charge in [-0.15, -0.1) is 0 Å². The summed E-state index contributed by atoms with van der Waals surface area (Å²) in [6.45, 7) is 12.0. The molecule has 0 aliphatic heterocycles. The Balaban J connectivity index is 0. The quantitative estimate of drug-likeness (QED) is 0.617. The van der Waals surface area contributed by atoms with Gasteiger partial charge in [-0.1, -0.05) is 78.0 Å². The molecular weight excluding hydrogens is 192 g/mol. The molecule has 0 bridgehead atoms. The van der Waals surface area contributed by atoms with Crippen LogP contribution in [0.15, 0.2) is 24.3 Å². The average molecular weight is 220 g/mol. The van der Waals surface area contributed by atoms with Crippen LogP contribution in [0.1, 0.15) is 54.4 Å². The summed E-state index contributed by atoms with van der Waals surface area (Å²) in [6, 6.07) is 8.53. The molecule has 0 radical (unpaired) electrons. The van der Waals surface area contributed by atoms with Crippen molar-refractivity contribution in [1.82, 2.24) is 0 Å². The SMILES string of the molecule is C1=c2ccccc2=CCC1.CC.CC.CC. The van der Waals surface area contributed by atoms with Crippen molar-refractivity contribution in [2.75, 3.05) is 0 Å². The van der Waals surface area contributed by atoms with Crippen molar-refractivity contribution in [2.24, 2.45) is 0 Å². The van der Waals surface area contributed by atoms with Crippen LogP contribution in [0.4, 0.5) is 0 Å². The van der Waals surface area contributed by atoms with E-state index in [0.717, 1.165) is 0 Å². The summed E-state index contributed by atoms with van der Waals surface area (Å²) < 4.78 is 0. The summed E-state index contributed by atoms with van der Waals surface area (Å²) in [6.07, 6.45) is 7.01. The van der Waals surface area contributed by atoms with E-state index >= 15 is 0 Å². The molecule has 1 aliphatic carbocycles. The highest BCUT2D eigenvalue weighted by Crippen LogP contribution is 1.93. The largest absolute Gasteiger partial charge is 0.0764 e. The molecule has 1 aromatic rings. The molecule has 0 aromatic heterocycles. The lowest BCUT2D eigenvalue weighted by Gasteiger charge is -1.96. The maximum Gasteiger partial charge on any atom is -0.0227 e. The van der Waals surface area contributed by atoms with Crippen molar-refractivity contribution in [3.05, 3.63) is 34.7 Å². The predicted octanol–water partition coefficient (Wildman–Crippen LogP) is 4.12. The van der Waals surface area contributed by atoms with E-state index in [2.05, 4.69) is 36.4 Å². The van der Waals surface area contributed by atoms with Crippen molar-refractivity contribution < 1.29 is 0 Å². The van der Waals surface area contributed by atoms with Crippen LogP contribution in [-0.2, 0) is 0 Å². The summed E-state index contributed by atoms with van der Waals surface area (Å²) in [4.78, 5) is 0. The molecule has 0 fully saturated rings. The highest BCUT2D eigenvalue weighted by molar-refractivity contribution is 5.37. The topological polar surface area (TPSA) is 0 Å². The van der Waals surface area contributed by atoms with E-state index in [-0.39, 0.29) is 0 Å². The molecular formula is C16H28. The van der Waals surface area contributed by atoms with Crippen LogP contribution in [0, 0.1) is 0 Å². The lowest BCUT2D eigenvalue weighted by atomic mass is 10.1. The van der Waals surface area contributed by atoms with Crippen LogP contribution in [0.25, 0.3) is 12.2 Å². The van der Waals surface area contributed by atoms with E-state index < -0.39 is 0 Å². The molecule has 0 atom stereocenters. The van der Waals surface area contributed by atoms with E-state index in [9.17, 15) is 0 Å². The Labute approximate surface area is 102 Å². The van der Waals surface area contributed by atoms with Gasteiger partial charge in [-0.3, -0.25) is 0 Å². The zero-order valence-electron chi connectivity index (χ0n) is 11.9. The van der Waals surface area contributed by atoms with Crippen LogP contribution in [0.3, 0.4) is 0 Å². The number of hydrogen-bond donors (Lipinski definition) is 0. The van der Waals surface area contributed by atoms with E-state index in [4.69, 9.17) is 0 Å². The molecule has 0 unspecified atom stereocenters. The summed E-state index contributed by atoms with van der Waals surface area (Å²) in [5.74, 6) is 0. The van der Waals surface area contributed by atoms with Gasteiger partial charge in [-0.05, 0) is 23.3 Å². The number of hydrogen-bond acceptors (Lipinski definition) is 0. The van der Waals surface area contributed by atoms with E-state index in [1.165, 1.54) is 23.3 Å². The van der Waals surface area contributed by atoms with Crippen LogP contribution >= 0.6 is 0 Å². The maximum atomic E-state index is 2.30. The average Bonchev–Trinajstić information content (AvgIpc) is 2.45. The fourth-order valence-corrected chi connectivity index (χ4v) is 1.36. The van der Waals surface area contributed by atoms with E-state index in [1.54, 1.807) is 0 Å². The van der Waals surface area contributed by atoms with Gasteiger partial charge in [-0.2, -0.15) is 0 Å². The zero-order chi connectivity index (χ0) is 12.8. The number of rotatable bonds is 0. The fourth-order valence-electron chi connectivity index (χ4n) is 1.36. The first kappa shape index (κ1) is 17.4. The normalized spacial score (nSPS) is 10.4. The third kappa shape index (κ3) is 6.44. The monoisotopic (exact) mass is 220 g/mol. The lowest BCUT2D eigenvalue weighted by molar-refractivity contribution is 1.12. The zero-order valence-corrected chi connectivity index (χ0v) is 11.9. The molecule has 1 aliphatic rings. The standard InChI is InChI=1S/C10H10.3C2H6/c1-2-6-10-8-4-3-7-9(10)5-1;3*1-2/h1-2,5-8H,3-4H2;3*1-2H3. The molecule has 0 spiro atoms. The minimum atomic E-state index is 1.21. The molecule has 0 N–H and O–H groups in total. The molecule has 16 heavy (non-hydrogen) atoms. The highest BCUT2D eigenvalue weighted by atomic mass is 13.9. The Morgan fingerprint density at radius 1 is 0.625 bits per heavy atom. The lowest BCUT2D eigenvalue weighted by Crippen LogP contribution is -2.25. The third-order valence-corrected chi connectivity index (χ3v) is 1.89. The summed E-state index contributed by atoms with van der Waals surface area (Å²) in [7, 11) is 0. The molecule has 0 nitrogen and oxygen atoms in total. The van der Waals surface area contributed by atoms with Gasteiger partial charge in [0.1, 0.15) is 0 Å². The Hall–Kier alpha value is -1.04. The number of fused-ring (bicyclic) bond motifs is 1. The molecule has 0 heterocycles. The highest BCUT2D eigenvalue weighted by Gasteiger charge is 1.88. The van der Waals surface area contributed by atoms with Crippen LogP contribution in [0.5, 0.6) is 0 Å². The van der Waals surface area contributed by atoms with Gasteiger partial charge >= 0.3 is 0 Å². The van der Waals surface area contributed by atoms with Gasteiger partial charge in [0, 0.05) is 0 Å². The van der Waals surface area contributed by atoms with E-state index in [1.807, 2.05) is 41.5 Å². The van der Waals surface area contributed by atoms with Gasteiger partial charge < -0.3 is 0 Å². The van der Waals surface area contributed by atoms with Crippen molar-refractivity contribution in [3.8, 4) is 0 Å². The first-order valence-electron chi connectivity index (χ1n) is 6.72. The second kappa shape index (κ2) is 14.0. The maximum absolute atomic E-state index is 2.30. The van der Waals surface area contributed by atoms with Gasteiger partial charge in [0.2, 0.25) is 0 Å². The van der Waals surface area contributed by atoms with Crippen molar-refractivity contribution in [2.45, 2.75) is 54.4 Å². The van der Waals surface area contributed by atoms with Crippen LogP contribution in [-0.4, -0.2) is 0 Å². The Kier molecular flexibility index (Phi) is 15.1. The Morgan fingerprint density at radius 2 is 0.938 bits per heavy atom. The molecule has 0 amide bonds. The van der Waals surface area contributed by atoms with E-state index in [0.29, 0.717) is 0 Å². The minimum absolute atomic E-state index is 1.21. The molecule has 2 rings (SSSR count). The van der Waals surface area contributed by atoms with Crippen LogP contribution in [0.2, 0.25) is 0 Å². The second-order valence-electron chi connectivity index (χ2n) is 2.61. The summed E-state index contributed by atoms with van der Waals surface area (Å²) in [5.41, 5.74) is 0. The van der Waals surface area contributed by atoms with Crippen LogP contribution < -0.4 is 10.4 Å². The fraction of sp³-hybridized carbons (Fsp3) is 0.500.